The van der Waals surface area contributed by atoms with E-state index in [-0.39, 0.29) is 11.6 Å². The molecule has 0 bridgehead atoms. The lowest BCUT2D eigenvalue weighted by molar-refractivity contribution is -0.137. The van der Waals surface area contributed by atoms with Crippen molar-refractivity contribution >= 4 is 5.69 Å². The van der Waals surface area contributed by atoms with Crippen molar-refractivity contribution in [1.29, 1.82) is 5.26 Å². The molecule has 0 spiro atoms. The van der Waals surface area contributed by atoms with Gasteiger partial charge >= 0.3 is 6.18 Å². The quantitative estimate of drug-likeness (QED) is 0.942. The van der Waals surface area contributed by atoms with Gasteiger partial charge in [-0.3, -0.25) is 4.68 Å². The van der Waals surface area contributed by atoms with E-state index in [1.807, 2.05) is 6.92 Å². The molecule has 1 unspecified atom stereocenters. The summed E-state index contributed by atoms with van der Waals surface area (Å²) in [4.78, 5) is 0. The van der Waals surface area contributed by atoms with Crippen LogP contribution >= 0.6 is 0 Å². The average molecular weight is 294 g/mol. The molecular formula is C14H13F3N4. The number of alkyl halides is 3. The minimum atomic E-state index is -4.46. The molecule has 1 heterocycles. The Hall–Kier alpha value is -2.49. The molecule has 1 aromatic carbocycles. The third-order valence-electron chi connectivity index (χ3n) is 3.14. The van der Waals surface area contributed by atoms with Crippen molar-refractivity contribution in [3.8, 4) is 6.07 Å². The third-order valence-corrected chi connectivity index (χ3v) is 3.14. The first-order chi connectivity index (χ1) is 9.82. The highest BCUT2D eigenvalue weighted by Crippen LogP contribution is 2.32. The number of rotatable bonds is 3. The number of hydrogen-bond donors (Lipinski definition) is 1. The summed E-state index contributed by atoms with van der Waals surface area (Å²) in [6, 6.07) is 6.47. The molecule has 110 valence electrons. The molecular weight excluding hydrogens is 281 g/mol. The average Bonchev–Trinajstić information content (AvgIpc) is 2.84. The van der Waals surface area contributed by atoms with Crippen LogP contribution in [0.4, 0.5) is 18.9 Å². The Bertz CT molecular complexity index is 682. The summed E-state index contributed by atoms with van der Waals surface area (Å²) in [6.45, 7) is 1.84. The van der Waals surface area contributed by atoms with E-state index in [0.717, 1.165) is 17.8 Å². The molecule has 0 fully saturated rings. The summed E-state index contributed by atoms with van der Waals surface area (Å²) < 4.78 is 39.6. The smallest absolute Gasteiger partial charge is 0.376 e. The Labute approximate surface area is 119 Å². The minimum Gasteiger partial charge on any atom is -0.376 e. The Morgan fingerprint density at radius 1 is 1.33 bits per heavy atom. The van der Waals surface area contributed by atoms with E-state index in [9.17, 15) is 13.2 Å². The number of nitriles is 1. The van der Waals surface area contributed by atoms with Gasteiger partial charge in [-0.15, -0.1) is 0 Å². The molecule has 0 aliphatic carbocycles. The number of anilines is 1. The van der Waals surface area contributed by atoms with Crippen molar-refractivity contribution in [2.75, 3.05) is 5.32 Å². The third kappa shape index (κ3) is 3.16. The Kier molecular flexibility index (Phi) is 3.89. The molecule has 0 saturated heterocycles. The number of nitrogens with zero attached hydrogens (tertiary/aromatic N) is 3. The van der Waals surface area contributed by atoms with Gasteiger partial charge < -0.3 is 5.32 Å². The second-order valence-corrected chi connectivity index (χ2v) is 4.62. The second-order valence-electron chi connectivity index (χ2n) is 4.62. The first kappa shape index (κ1) is 14.9. The van der Waals surface area contributed by atoms with Crippen molar-refractivity contribution in [3.05, 3.63) is 47.3 Å². The van der Waals surface area contributed by atoms with Crippen molar-refractivity contribution in [3.63, 3.8) is 0 Å². The first-order valence-corrected chi connectivity index (χ1v) is 6.18. The maximum Gasteiger partial charge on any atom is 0.416 e. The topological polar surface area (TPSA) is 53.6 Å². The number of hydrogen-bond acceptors (Lipinski definition) is 3. The second kappa shape index (κ2) is 5.48. The lowest BCUT2D eigenvalue weighted by Crippen LogP contribution is -2.13. The van der Waals surface area contributed by atoms with E-state index in [2.05, 4.69) is 10.4 Å². The highest BCUT2D eigenvalue weighted by molar-refractivity contribution is 5.59. The Morgan fingerprint density at radius 2 is 2.05 bits per heavy atom. The molecule has 4 nitrogen and oxygen atoms in total. The minimum absolute atomic E-state index is 0.0427. The van der Waals surface area contributed by atoms with E-state index in [4.69, 9.17) is 5.26 Å². The van der Waals surface area contributed by atoms with Crippen molar-refractivity contribution in [1.82, 2.24) is 9.78 Å². The first-order valence-electron chi connectivity index (χ1n) is 6.18. The summed E-state index contributed by atoms with van der Waals surface area (Å²) >= 11 is 0. The summed E-state index contributed by atoms with van der Waals surface area (Å²) in [5.41, 5.74) is 0.342. The number of aromatic nitrogens is 2. The van der Waals surface area contributed by atoms with Crippen LogP contribution < -0.4 is 5.32 Å². The summed E-state index contributed by atoms with van der Waals surface area (Å²) in [7, 11) is 1.77. The van der Waals surface area contributed by atoms with Gasteiger partial charge in [-0.2, -0.15) is 23.5 Å². The monoisotopic (exact) mass is 294 g/mol. The molecule has 0 aliphatic heterocycles. The summed E-state index contributed by atoms with van der Waals surface area (Å²) in [5.74, 6) is 0. The standard InChI is InChI=1S/C14H13F3N4/c1-9(13-5-6-19-21(13)2)20-12-4-3-11(14(15,16)17)7-10(12)8-18/h3-7,9,20H,1-2H3. The maximum absolute atomic E-state index is 12.6. The molecule has 0 radical (unpaired) electrons. The van der Waals surface area contributed by atoms with Gasteiger partial charge in [0.15, 0.2) is 0 Å². The van der Waals surface area contributed by atoms with Crippen LogP contribution in [0.25, 0.3) is 0 Å². The van der Waals surface area contributed by atoms with Crippen LogP contribution in [0.3, 0.4) is 0 Å². The molecule has 0 aliphatic rings. The molecule has 1 aromatic heterocycles. The number of aryl methyl sites for hydroxylation is 1. The SMILES string of the molecule is CC(Nc1ccc(C(F)(F)F)cc1C#N)c1ccnn1C. The molecule has 21 heavy (non-hydrogen) atoms. The zero-order valence-corrected chi connectivity index (χ0v) is 11.4. The van der Waals surface area contributed by atoms with Crippen molar-refractivity contribution in [2.45, 2.75) is 19.1 Å². The van der Waals surface area contributed by atoms with Crippen LogP contribution in [0.15, 0.2) is 30.5 Å². The predicted molar refractivity (Wildman–Crippen MR) is 71.4 cm³/mol. The van der Waals surface area contributed by atoms with Crippen LogP contribution in [0.5, 0.6) is 0 Å². The van der Waals surface area contributed by atoms with Gasteiger partial charge in [-0.25, -0.2) is 0 Å². The molecule has 0 saturated carbocycles. The van der Waals surface area contributed by atoms with E-state index in [0.29, 0.717) is 5.69 Å². The van der Waals surface area contributed by atoms with Gasteiger partial charge in [0.05, 0.1) is 28.6 Å². The van der Waals surface area contributed by atoms with Gasteiger partial charge in [0.1, 0.15) is 6.07 Å². The van der Waals surface area contributed by atoms with E-state index < -0.39 is 11.7 Å². The fraction of sp³-hybridized carbons (Fsp3) is 0.286. The van der Waals surface area contributed by atoms with Crippen LogP contribution in [0, 0.1) is 11.3 Å². The van der Waals surface area contributed by atoms with Gasteiger partial charge in [-0.05, 0) is 31.2 Å². The fourth-order valence-electron chi connectivity index (χ4n) is 2.05. The van der Waals surface area contributed by atoms with Gasteiger partial charge in [0.2, 0.25) is 0 Å². The lowest BCUT2D eigenvalue weighted by atomic mass is 10.1. The molecule has 0 amide bonds. The van der Waals surface area contributed by atoms with Gasteiger partial charge in [-0.1, -0.05) is 0 Å². The van der Waals surface area contributed by atoms with E-state index in [1.165, 1.54) is 6.07 Å². The lowest BCUT2D eigenvalue weighted by Gasteiger charge is -2.17. The summed E-state index contributed by atoms with van der Waals surface area (Å²) in [6.07, 6.45) is -2.83. The molecule has 7 heteroatoms. The summed E-state index contributed by atoms with van der Waals surface area (Å²) in [5, 5.41) is 16.1. The molecule has 1 N–H and O–H groups in total. The zero-order chi connectivity index (χ0) is 15.6. The number of nitrogens with one attached hydrogen (secondary N) is 1. The highest BCUT2D eigenvalue weighted by atomic mass is 19.4. The van der Waals surface area contributed by atoms with Crippen LogP contribution in [0.1, 0.15) is 29.8 Å². The highest BCUT2D eigenvalue weighted by Gasteiger charge is 2.31. The maximum atomic E-state index is 12.6. The van der Waals surface area contributed by atoms with Gasteiger partial charge in [0.25, 0.3) is 0 Å². The van der Waals surface area contributed by atoms with Gasteiger partial charge in [0, 0.05) is 13.2 Å². The zero-order valence-electron chi connectivity index (χ0n) is 11.4. The number of halogens is 3. The largest absolute Gasteiger partial charge is 0.416 e. The van der Waals surface area contributed by atoms with Crippen LogP contribution in [-0.4, -0.2) is 9.78 Å². The molecule has 2 rings (SSSR count). The van der Waals surface area contributed by atoms with Crippen LogP contribution in [-0.2, 0) is 13.2 Å². The Balaban J connectivity index is 2.29. The molecule has 1 atom stereocenters. The fourth-order valence-corrected chi connectivity index (χ4v) is 2.05. The predicted octanol–water partition coefficient (Wildman–Crippen LogP) is 3.48. The van der Waals surface area contributed by atoms with Crippen molar-refractivity contribution in [2.24, 2.45) is 7.05 Å². The normalized spacial score (nSPS) is 12.8. The molecule has 2 aromatic rings. The van der Waals surface area contributed by atoms with Crippen LogP contribution in [0.2, 0.25) is 0 Å². The van der Waals surface area contributed by atoms with E-state index >= 15 is 0 Å². The Morgan fingerprint density at radius 3 is 2.57 bits per heavy atom. The van der Waals surface area contributed by atoms with Crippen molar-refractivity contribution < 1.29 is 13.2 Å². The van der Waals surface area contributed by atoms with E-state index in [1.54, 1.807) is 30.1 Å². The number of benzene rings is 1.